The smallest absolute Gasteiger partial charge is 0.272 e. The molecule has 0 radical (unpaired) electrons. The van der Waals surface area contributed by atoms with E-state index in [9.17, 15) is 4.79 Å². The fourth-order valence-corrected chi connectivity index (χ4v) is 2.25. The predicted octanol–water partition coefficient (Wildman–Crippen LogP) is 3.37. The highest BCUT2D eigenvalue weighted by molar-refractivity contribution is 6.04. The number of nitrogens with one attached hydrogen (secondary N) is 1. The molecular weight excluding hydrogens is 278 g/mol. The first kappa shape index (κ1) is 14.1. The molecule has 5 heteroatoms. The van der Waals surface area contributed by atoms with E-state index < -0.39 is 0 Å². The molecule has 0 aliphatic rings. The lowest BCUT2D eigenvalue weighted by atomic mass is 10.2. The van der Waals surface area contributed by atoms with Crippen molar-refractivity contribution in [1.29, 1.82) is 0 Å². The highest BCUT2D eigenvalue weighted by Crippen LogP contribution is 2.25. The third-order valence-corrected chi connectivity index (χ3v) is 3.16. The standard InChI is InChI=1S/C17H17N3O2/c1-12(2)22-15-8-4-3-6-13(15)19-17(21)14-7-5-9-16-18-10-11-20(14)16/h3-12H,1-2H3,(H,19,21). The Morgan fingerprint density at radius 2 is 2.00 bits per heavy atom. The Bertz CT molecular complexity index is 808. The summed E-state index contributed by atoms with van der Waals surface area (Å²) in [5.74, 6) is 0.451. The minimum absolute atomic E-state index is 0.0372. The molecule has 3 rings (SSSR count). The van der Waals surface area contributed by atoms with Gasteiger partial charge in [-0.1, -0.05) is 18.2 Å². The van der Waals surface area contributed by atoms with Gasteiger partial charge in [0.15, 0.2) is 0 Å². The van der Waals surface area contributed by atoms with Crippen LogP contribution in [0.2, 0.25) is 0 Å². The summed E-state index contributed by atoms with van der Waals surface area (Å²) in [6, 6.07) is 12.8. The molecule has 0 spiro atoms. The van der Waals surface area contributed by atoms with Crippen LogP contribution in [0, 0.1) is 0 Å². The molecule has 1 N–H and O–H groups in total. The molecule has 3 aromatic rings. The maximum atomic E-state index is 12.5. The summed E-state index contributed by atoms with van der Waals surface area (Å²) < 4.78 is 7.47. The normalized spacial score (nSPS) is 10.9. The molecule has 0 atom stereocenters. The Morgan fingerprint density at radius 3 is 2.82 bits per heavy atom. The van der Waals surface area contributed by atoms with Crippen LogP contribution >= 0.6 is 0 Å². The van der Waals surface area contributed by atoms with Crippen molar-refractivity contribution in [2.75, 3.05) is 5.32 Å². The predicted molar refractivity (Wildman–Crippen MR) is 85.4 cm³/mol. The summed E-state index contributed by atoms with van der Waals surface area (Å²) in [6.45, 7) is 3.90. The van der Waals surface area contributed by atoms with Gasteiger partial charge in [-0.25, -0.2) is 4.98 Å². The number of anilines is 1. The van der Waals surface area contributed by atoms with Crippen LogP contribution < -0.4 is 10.1 Å². The van der Waals surface area contributed by atoms with Gasteiger partial charge in [-0.3, -0.25) is 9.20 Å². The van der Waals surface area contributed by atoms with Crippen molar-refractivity contribution in [2.45, 2.75) is 20.0 Å². The number of aromatic nitrogens is 2. The topological polar surface area (TPSA) is 55.6 Å². The van der Waals surface area contributed by atoms with Crippen LogP contribution in [0.25, 0.3) is 5.65 Å². The molecular formula is C17H17N3O2. The zero-order valence-corrected chi connectivity index (χ0v) is 12.5. The molecule has 0 fully saturated rings. The van der Waals surface area contributed by atoms with Gasteiger partial charge in [0.05, 0.1) is 11.8 Å². The van der Waals surface area contributed by atoms with Crippen molar-refractivity contribution >= 4 is 17.2 Å². The number of nitrogens with zero attached hydrogens (tertiary/aromatic N) is 2. The first-order valence-corrected chi connectivity index (χ1v) is 7.14. The quantitative estimate of drug-likeness (QED) is 0.803. The van der Waals surface area contributed by atoms with Crippen LogP contribution in [-0.4, -0.2) is 21.4 Å². The number of pyridine rings is 1. The Kier molecular flexibility index (Phi) is 3.78. The van der Waals surface area contributed by atoms with Crippen LogP contribution in [0.15, 0.2) is 54.9 Å². The molecule has 0 saturated carbocycles. The van der Waals surface area contributed by atoms with Crippen LogP contribution in [-0.2, 0) is 0 Å². The van der Waals surface area contributed by atoms with Crippen LogP contribution in [0.5, 0.6) is 5.75 Å². The van der Waals surface area contributed by atoms with Crippen molar-refractivity contribution < 1.29 is 9.53 Å². The SMILES string of the molecule is CC(C)Oc1ccccc1NC(=O)c1cccc2nccn12. The van der Waals surface area contributed by atoms with Crippen molar-refractivity contribution in [3.05, 3.63) is 60.6 Å². The van der Waals surface area contributed by atoms with Crippen molar-refractivity contribution in [1.82, 2.24) is 9.38 Å². The summed E-state index contributed by atoms with van der Waals surface area (Å²) in [6.07, 6.45) is 3.47. The van der Waals surface area contributed by atoms with E-state index >= 15 is 0 Å². The van der Waals surface area contributed by atoms with E-state index in [1.54, 1.807) is 22.9 Å². The largest absolute Gasteiger partial charge is 0.489 e. The summed E-state index contributed by atoms with van der Waals surface area (Å²) in [5, 5.41) is 2.90. The minimum Gasteiger partial charge on any atom is -0.489 e. The maximum absolute atomic E-state index is 12.5. The Balaban J connectivity index is 1.90. The van der Waals surface area contributed by atoms with Gasteiger partial charge in [0.1, 0.15) is 17.1 Å². The second-order valence-corrected chi connectivity index (χ2v) is 5.18. The number of fused-ring (bicyclic) bond motifs is 1. The maximum Gasteiger partial charge on any atom is 0.272 e. The van der Waals surface area contributed by atoms with Gasteiger partial charge in [-0.05, 0) is 38.1 Å². The summed E-state index contributed by atoms with van der Waals surface area (Å²) >= 11 is 0. The molecule has 0 bridgehead atoms. The average molecular weight is 295 g/mol. The Labute approximate surface area is 128 Å². The van der Waals surface area contributed by atoms with Gasteiger partial charge in [0.2, 0.25) is 0 Å². The molecule has 5 nitrogen and oxygen atoms in total. The van der Waals surface area contributed by atoms with Crippen molar-refractivity contribution in [3.8, 4) is 5.75 Å². The molecule has 0 unspecified atom stereocenters. The number of imidazole rings is 1. The molecule has 22 heavy (non-hydrogen) atoms. The molecule has 2 heterocycles. The number of amides is 1. The third-order valence-electron chi connectivity index (χ3n) is 3.16. The number of carbonyl (C=O) groups excluding carboxylic acids is 1. The summed E-state index contributed by atoms with van der Waals surface area (Å²) in [4.78, 5) is 16.7. The number of carbonyl (C=O) groups is 1. The second-order valence-electron chi connectivity index (χ2n) is 5.18. The monoisotopic (exact) mass is 295 g/mol. The van der Waals surface area contributed by atoms with Crippen LogP contribution in [0.1, 0.15) is 24.3 Å². The van der Waals surface area contributed by atoms with Crippen LogP contribution in [0.4, 0.5) is 5.69 Å². The zero-order valence-electron chi connectivity index (χ0n) is 12.5. The van der Waals surface area contributed by atoms with E-state index in [0.717, 1.165) is 5.65 Å². The lowest BCUT2D eigenvalue weighted by molar-refractivity contribution is 0.102. The number of hydrogen-bond acceptors (Lipinski definition) is 3. The summed E-state index contributed by atoms with van der Waals surface area (Å²) in [7, 11) is 0. The highest BCUT2D eigenvalue weighted by Gasteiger charge is 2.13. The van der Waals surface area contributed by atoms with Gasteiger partial charge in [-0.15, -0.1) is 0 Å². The number of ether oxygens (including phenoxy) is 1. The number of benzene rings is 1. The molecule has 0 aliphatic heterocycles. The van der Waals surface area contributed by atoms with E-state index in [1.165, 1.54) is 0 Å². The van der Waals surface area contributed by atoms with E-state index in [4.69, 9.17) is 4.74 Å². The zero-order chi connectivity index (χ0) is 15.5. The molecule has 112 valence electrons. The summed E-state index contributed by atoms with van der Waals surface area (Å²) in [5.41, 5.74) is 1.91. The van der Waals surface area contributed by atoms with Crippen molar-refractivity contribution in [2.24, 2.45) is 0 Å². The average Bonchev–Trinajstić information content (AvgIpc) is 2.97. The lowest BCUT2D eigenvalue weighted by Gasteiger charge is -2.15. The fraction of sp³-hybridized carbons (Fsp3) is 0.176. The lowest BCUT2D eigenvalue weighted by Crippen LogP contribution is -2.17. The third kappa shape index (κ3) is 2.79. The molecule has 1 aromatic carbocycles. The van der Waals surface area contributed by atoms with E-state index in [1.807, 2.05) is 50.2 Å². The van der Waals surface area contributed by atoms with Gasteiger partial charge < -0.3 is 10.1 Å². The second kappa shape index (κ2) is 5.89. The van der Waals surface area contributed by atoms with E-state index in [-0.39, 0.29) is 12.0 Å². The van der Waals surface area contributed by atoms with Crippen molar-refractivity contribution in [3.63, 3.8) is 0 Å². The Hall–Kier alpha value is -2.82. The fourth-order valence-electron chi connectivity index (χ4n) is 2.25. The molecule has 0 aliphatic carbocycles. The first-order valence-electron chi connectivity index (χ1n) is 7.14. The van der Waals surface area contributed by atoms with Crippen LogP contribution in [0.3, 0.4) is 0 Å². The molecule has 1 amide bonds. The number of rotatable bonds is 4. The van der Waals surface area contributed by atoms with E-state index in [0.29, 0.717) is 17.1 Å². The van der Waals surface area contributed by atoms with Gasteiger partial charge in [0.25, 0.3) is 5.91 Å². The highest BCUT2D eigenvalue weighted by atomic mass is 16.5. The molecule has 0 saturated heterocycles. The number of hydrogen-bond donors (Lipinski definition) is 1. The minimum atomic E-state index is -0.205. The van der Waals surface area contributed by atoms with Gasteiger partial charge in [0, 0.05) is 12.4 Å². The van der Waals surface area contributed by atoms with E-state index in [2.05, 4.69) is 10.3 Å². The first-order chi connectivity index (χ1) is 10.6. The van der Waals surface area contributed by atoms with Gasteiger partial charge >= 0.3 is 0 Å². The Morgan fingerprint density at radius 1 is 1.18 bits per heavy atom. The number of para-hydroxylation sites is 2. The van der Waals surface area contributed by atoms with Gasteiger partial charge in [-0.2, -0.15) is 0 Å². The molecule has 2 aromatic heterocycles.